The molecule has 0 saturated heterocycles. The van der Waals surface area contributed by atoms with Gasteiger partial charge in [-0.1, -0.05) is 24.3 Å². The van der Waals surface area contributed by atoms with Gasteiger partial charge in [0.1, 0.15) is 0 Å². The molecule has 94 valence electrons. The van der Waals surface area contributed by atoms with Crippen molar-refractivity contribution in [2.75, 3.05) is 5.32 Å². The minimum Gasteiger partial charge on any atom is -0.323 e. The van der Waals surface area contributed by atoms with Crippen LogP contribution < -0.4 is 5.32 Å². The Kier molecular flexibility index (Phi) is 3.77. The van der Waals surface area contributed by atoms with Crippen LogP contribution >= 0.6 is 0 Å². The van der Waals surface area contributed by atoms with Gasteiger partial charge in [-0.05, 0) is 25.0 Å². The Bertz CT molecular complexity index is 545. The van der Waals surface area contributed by atoms with E-state index in [1.807, 2.05) is 44.3 Å². The number of anilines is 1. The molecular weight excluding hydrogens is 226 g/mol. The topological polar surface area (TPSA) is 46.9 Å². The van der Waals surface area contributed by atoms with E-state index in [2.05, 4.69) is 10.4 Å². The molecule has 0 aliphatic carbocycles. The number of aromatic nitrogens is 2. The molecule has 0 saturated carbocycles. The summed E-state index contributed by atoms with van der Waals surface area (Å²) >= 11 is 0. The predicted octanol–water partition coefficient (Wildman–Crippen LogP) is 2.39. The maximum atomic E-state index is 11.9. The Balaban J connectivity index is 1.99. The second kappa shape index (κ2) is 5.49. The minimum atomic E-state index is -0.0139. The van der Waals surface area contributed by atoms with E-state index in [0.717, 1.165) is 23.4 Å². The molecule has 1 amide bonds. The zero-order valence-electron chi connectivity index (χ0n) is 10.7. The van der Waals surface area contributed by atoms with Crippen molar-refractivity contribution < 1.29 is 4.79 Å². The van der Waals surface area contributed by atoms with E-state index in [1.54, 1.807) is 10.9 Å². The summed E-state index contributed by atoms with van der Waals surface area (Å²) in [6.07, 6.45) is 3.89. The third kappa shape index (κ3) is 2.97. The van der Waals surface area contributed by atoms with Gasteiger partial charge in [0.05, 0.1) is 18.3 Å². The Morgan fingerprint density at radius 3 is 2.83 bits per heavy atom. The third-order valence-corrected chi connectivity index (χ3v) is 2.85. The van der Waals surface area contributed by atoms with Crippen molar-refractivity contribution in [1.82, 2.24) is 9.78 Å². The lowest BCUT2D eigenvalue weighted by Gasteiger charge is -2.05. The highest BCUT2D eigenvalue weighted by molar-refractivity contribution is 5.92. The summed E-state index contributed by atoms with van der Waals surface area (Å²) in [5.41, 5.74) is 2.94. The van der Waals surface area contributed by atoms with Crippen molar-refractivity contribution in [2.24, 2.45) is 0 Å². The number of hydrogen-bond acceptors (Lipinski definition) is 2. The maximum absolute atomic E-state index is 11.9. The summed E-state index contributed by atoms with van der Waals surface area (Å²) in [6.45, 7) is 4.82. The van der Waals surface area contributed by atoms with E-state index in [-0.39, 0.29) is 5.91 Å². The highest BCUT2D eigenvalue weighted by Crippen LogP contribution is 2.10. The van der Waals surface area contributed by atoms with Gasteiger partial charge >= 0.3 is 0 Å². The molecule has 1 N–H and O–H groups in total. The highest BCUT2D eigenvalue weighted by atomic mass is 16.1. The van der Waals surface area contributed by atoms with Gasteiger partial charge in [-0.15, -0.1) is 0 Å². The molecule has 1 heterocycles. The Hall–Kier alpha value is -2.10. The predicted molar refractivity (Wildman–Crippen MR) is 71.4 cm³/mol. The average Bonchev–Trinajstić information content (AvgIpc) is 2.80. The van der Waals surface area contributed by atoms with Gasteiger partial charge in [0.15, 0.2) is 0 Å². The summed E-state index contributed by atoms with van der Waals surface area (Å²) in [5.74, 6) is -0.0139. The van der Waals surface area contributed by atoms with E-state index in [0.29, 0.717) is 6.42 Å². The number of carbonyl (C=O) groups is 1. The lowest BCUT2D eigenvalue weighted by atomic mass is 10.1. The van der Waals surface area contributed by atoms with Crippen LogP contribution in [-0.2, 0) is 17.8 Å². The van der Waals surface area contributed by atoms with Gasteiger partial charge < -0.3 is 5.32 Å². The van der Waals surface area contributed by atoms with Gasteiger partial charge in [0, 0.05) is 12.7 Å². The molecule has 0 atom stereocenters. The SMILES string of the molecule is CCn1cc(NC(=O)Cc2ccccc2C)cn1. The van der Waals surface area contributed by atoms with Crippen molar-refractivity contribution in [3.8, 4) is 0 Å². The van der Waals surface area contributed by atoms with Gasteiger partial charge in [-0.25, -0.2) is 0 Å². The average molecular weight is 243 g/mol. The van der Waals surface area contributed by atoms with Crippen LogP contribution in [0, 0.1) is 6.92 Å². The first-order valence-corrected chi connectivity index (χ1v) is 6.06. The maximum Gasteiger partial charge on any atom is 0.228 e. The molecule has 1 aromatic heterocycles. The second-order valence-corrected chi connectivity index (χ2v) is 4.24. The zero-order chi connectivity index (χ0) is 13.0. The molecule has 0 bridgehead atoms. The van der Waals surface area contributed by atoms with Gasteiger partial charge in [0.25, 0.3) is 0 Å². The molecule has 0 spiro atoms. The van der Waals surface area contributed by atoms with Crippen LogP contribution in [0.25, 0.3) is 0 Å². The lowest BCUT2D eigenvalue weighted by Crippen LogP contribution is -2.14. The van der Waals surface area contributed by atoms with Crippen LogP contribution in [-0.4, -0.2) is 15.7 Å². The monoisotopic (exact) mass is 243 g/mol. The fraction of sp³-hybridized carbons (Fsp3) is 0.286. The van der Waals surface area contributed by atoms with E-state index in [1.165, 1.54) is 0 Å². The number of benzene rings is 1. The molecule has 18 heavy (non-hydrogen) atoms. The summed E-state index contributed by atoms with van der Waals surface area (Å²) in [5, 5.41) is 6.96. The Labute approximate surface area is 107 Å². The van der Waals surface area contributed by atoms with Crippen molar-refractivity contribution in [2.45, 2.75) is 26.8 Å². The van der Waals surface area contributed by atoms with Gasteiger partial charge in [-0.3, -0.25) is 9.48 Å². The van der Waals surface area contributed by atoms with Crippen LogP contribution in [0.5, 0.6) is 0 Å². The molecule has 0 aliphatic heterocycles. The first kappa shape index (κ1) is 12.4. The number of amides is 1. The standard InChI is InChI=1S/C14H17N3O/c1-3-17-10-13(9-15-17)16-14(18)8-12-7-5-4-6-11(12)2/h4-7,9-10H,3,8H2,1-2H3,(H,16,18). The van der Waals surface area contributed by atoms with E-state index >= 15 is 0 Å². The quantitative estimate of drug-likeness (QED) is 0.896. The molecular formula is C14H17N3O. The van der Waals surface area contributed by atoms with Crippen LogP contribution in [0.4, 0.5) is 5.69 Å². The van der Waals surface area contributed by atoms with Crippen molar-refractivity contribution in [3.63, 3.8) is 0 Å². The minimum absolute atomic E-state index is 0.0139. The van der Waals surface area contributed by atoms with Crippen LogP contribution in [0.3, 0.4) is 0 Å². The molecule has 0 radical (unpaired) electrons. The molecule has 4 heteroatoms. The molecule has 0 unspecified atom stereocenters. The number of nitrogens with zero attached hydrogens (tertiary/aromatic N) is 2. The van der Waals surface area contributed by atoms with E-state index < -0.39 is 0 Å². The molecule has 4 nitrogen and oxygen atoms in total. The second-order valence-electron chi connectivity index (χ2n) is 4.24. The first-order valence-electron chi connectivity index (χ1n) is 6.06. The van der Waals surface area contributed by atoms with Gasteiger partial charge in [0.2, 0.25) is 5.91 Å². The Morgan fingerprint density at radius 1 is 1.39 bits per heavy atom. The molecule has 2 aromatic rings. The summed E-state index contributed by atoms with van der Waals surface area (Å²) in [6, 6.07) is 7.91. The zero-order valence-corrected chi connectivity index (χ0v) is 10.7. The third-order valence-electron chi connectivity index (χ3n) is 2.85. The first-order chi connectivity index (χ1) is 8.69. The van der Waals surface area contributed by atoms with Gasteiger partial charge in [-0.2, -0.15) is 5.10 Å². The lowest BCUT2D eigenvalue weighted by molar-refractivity contribution is -0.115. The summed E-state index contributed by atoms with van der Waals surface area (Å²) < 4.78 is 1.78. The summed E-state index contributed by atoms with van der Waals surface area (Å²) in [7, 11) is 0. The van der Waals surface area contributed by atoms with Crippen molar-refractivity contribution >= 4 is 11.6 Å². The van der Waals surface area contributed by atoms with E-state index in [9.17, 15) is 4.79 Å². The van der Waals surface area contributed by atoms with Crippen LogP contribution in [0.15, 0.2) is 36.7 Å². The fourth-order valence-electron chi connectivity index (χ4n) is 1.79. The molecule has 0 fully saturated rings. The summed E-state index contributed by atoms with van der Waals surface area (Å²) in [4.78, 5) is 11.9. The van der Waals surface area contributed by atoms with E-state index in [4.69, 9.17) is 0 Å². The van der Waals surface area contributed by atoms with Crippen molar-refractivity contribution in [3.05, 3.63) is 47.8 Å². The van der Waals surface area contributed by atoms with Crippen LogP contribution in [0.2, 0.25) is 0 Å². The molecule has 1 aromatic carbocycles. The fourth-order valence-corrected chi connectivity index (χ4v) is 1.79. The largest absolute Gasteiger partial charge is 0.323 e. The Morgan fingerprint density at radius 2 is 2.17 bits per heavy atom. The highest BCUT2D eigenvalue weighted by Gasteiger charge is 2.07. The molecule has 2 rings (SSSR count). The number of aryl methyl sites for hydroxylation is 2. The molecule has 0 aliphatic rings. The van der Waals surface area contributed by atoms with Crippen LogP contribution in [0.1, 0.15) is 18.1 Å². The number of rotatable bonds is 4. The van der Waals surface area contributed by atoms with Crippen molar-refractivity contribution in [1.29, 1.82) is 0 Å². The number of hydrogen-bond donors (Lipinski definition) is 1. The number of carbonyl (C=O) groups excluding carboxylic acids is 1. The normalized spacial score (nSPS) is 10.3. The smallest absolute Gasteiger partial charge is 0.228 e. The number of nitrogens with one attached hydrogen (secondary N) is 1.